The molecule has 0 spiro atoms. The van der Waals surface area contributed by atoms with Gasteiger partial charge in [0.15, 0.2) is 0 Å². The summed E-state index contributed by atoms with van der Waals surface area (Å²) >= 11 is 0. The van der Waals surface area contributed by atoms with Gasteiger partial charge in [-0.05, 0) is 38.5 Å². The van der Waals surface area contributed by atoms with Crippen LogP contribution in [0, 0.1) is 5.92 Å². The topological polar surface area (TPSA) is 47.0 Å². The van der Waals surface area contributed by atoms with Crippen LogP contribution in [-0.4, -0.2) is 11.6 Å². The van der Waals surface area contributed by atoms with Gasteiger partial charge in [0.1, 0.15) is 0 Å². The average molecular weight is 156 g/mol. The Balaban J connectivity index is 0.000000605. The minimum atomic E-state index is 0. The molecule has 11 heavy (non-hydrogen) atoms. The number of rotatable bonds is 0. The highest BCUT2D eigenvalue weighted by Crippen LogP contribution is 2.38. The summed E-state index contributed by atoms with van der Waals surface area (Å²) in [6.45, 7) is 4.77. The minimum absolute atomic E-state index is 0. The van der Waals surface area contributed by atoms with E-state index in [-0.39, 0.29) is 6.15 Å². The summed E-state index contributed by atoms with van der Waals surface area (Å²) in [5.74, 6) is 0.895. The Morgan fingerprint density at radius 2 is 2.00 bits per heavy atom. The fourth-order valence-corrected chi connectivity index (χ4v) is 2.46. The van der Waals surface area contributed by atoms with Gasteiger partial charge >= 0.3 is 0 Å². The van der Waals surface area contributed by atoms with Crippen LogP contribution in [0.2, 0.25) is 0 Å². The van der Waals surface area contributed by atoms with E-state index >= 15 is 0 Å². The third-order valence-corrected chi connectivity index (χ3v) is 3.58. The van der Waals surface area contributed by atoms with E-state index in [4.69, 9.17) is 0 Å². The van der Waals surface area contributed by atoms with Crippen molar-refractivity contribution in [2.45, 2.75) is 51.1 Å². The van der Waals surface area contributed by atoms with Crippen LogP contribution in [0.4, 0.5) is 0 Å². The Morgan fingerprint density at radius 1 is 1.27 bits per heavy atom. The minimum Gasteiger partial charge on any atom is -0.344 e. The molecule has 0 saturated carbocycles. The van der Waals surface area contributed by atoms with Gasteiger partial charge in [-0.15, -0.1) is 0 Å². The molecule has 0 aromatic carbocycles. The highest BCUT2D eigenvalue weighted by atomic mass is 15.1. The fraction of sp³-hybridized carbons (Fsp3) is 1.00. The molecule has 2 heterocycles. The molecule has 0 radical (unpaired) electrons. The third-order valence-electron chi connectivity index (χ3n) is 3.58. The first kappa shape index (κ1) is 9.01. The number of hydrogen-bond donors (Lipinski definition) is 2. The molecular formula is C9H20N2. The van der Waals surface area contributed by atoms with Crippen molar-refractivity contribution in [2.24, 2.45) is 5.92 Å². The summed E-state index contributed by atoms with van der Waals surface area (Å²) < 4.78 is 0. The first-order valence-electron chi connectivity index (χ1n) is 4.48. The van der Waals surface area contributed by atoms with Gasteiger partial charge in [-0.2, -0.15) is 0 Å². The predicted molar refractivity (Wildman–Crippen MR) is 48.0 cm³/mol. The zero-order chi connectivity index (χ0) is 7.19. The Labute approximate surface area is 69.3 Å². The lowest BCUT2D eigenvalue weighted by molar-refractivity contribution is 0.210. The Hall–Kier alpha value is -0.0800. The zero-order valence-electron chi connectivity index (χ0n) is 7.69. The zero-order valence-corrected chi connectivity index (χ0v) is 7.69. The van der Waals surface area contributed by atoms with Crippen molar-refractivity contribution in [1.82, 2.24) is 11.5 Å². The second-order valence-electron chi connectivity index (χ2n) is 4.28. The summed E-state index contributed by atoms with van der Waals surface area (Å²) in [5, 5.41) is 3.72. The Kier molecular flexibility index (Phi) is 2.26. The van der Waals surface area contributed by atoms with Gasteiger partial charge in [0.2, 0.25) is 0 Å². The first-order valence-corrected chi connectivity index (χ1v) is 4.48. The van der Waals surface area contributed by atoms with Crippen LogP contribution in [0.25, 0.3) is 0 Å². The van der Waals surface area contributed by atoms with Crippen LogP contribution >= 0.6 is 0 Å². The molecule has 2 aliphatic rings. The molecule has 2 heteroatoms. The van der Waals surface area contributed by atoms with Crippen molar-refractivity contribution < 1.29 is 0 Å². The summed E-state index contributed by atoms with van der Waals surface area (Å²) in [7, 11) is 0. The van der Waals surface area contributed by atoms with E-state index in [1.807, 2.05) is 0 Å². The lowest BCUT2D eigenvalue weighted by Gasteiger charge is -2.37. The number of hydrogen-bond acceptors (Lipinski definition) is 2. The van der Waals surface area contributed by atoms with Crippen LogP contribution in [0.3, 0.4) is 0 Å². The molecule has 2 rings (SSSR count). The number of nitrogens with one attached hydrogen (secondary N) is 1. The van der Waals surface area contributed by atoms with E-state index in [1.165, 1.54) is 25.7 Å². The van der Waals surface area contributed by atoms with Crippen molar-refractivity contribution in [3.8, 4) is 0 Å². The summed E-state index contributed by atoms with van der Waals surface area (Å²) in [6.07, 6.45) is 5.67. The number of fused-ring (bicyclic) bond motifs is 2. The van der Waals surface area contributed by atoms with E-state index < -0.39 is 0 Å². The van der Waals surface area contributed by atoms with Crippen LogP contribution < -0.4 is 11.5 Å². The summed E-state index contributed by atoms with van der Waals surface area (Å²) in [6, 6.07) is 0.862. The SMILES string of the molecule is CC1CCC2CCC1(C)N2.N. The quantitative estimate of drug-likeness (QED) is 0.564. The maximum atomic E-state index is 3.72. The fourth-order valence-electron chi connectivity index (χ4n) is 2.46. The molecule has 0 amide bonds. The molecular weight excluding hydrogens is 136 g/mol. The lowest BCUT2D eigenvalue weighted by atomic mass is 9.82. The van der Waals surface area contributed by atoms with E-state index in [0.29, 0.717) is 5.54 Å². The normalized spacial score (nSPS) is 48.5. The molecule has 66 valence electrons. The molecule has 3 unspecified atom stereocenters. The van der Waals surface area contributed by atoms with Gasteiger partial charge < -0.3 is 11.5 Å². The van der Waals surface area contributed by atoms with Gasteiger partial charge in [-0.25, -0.2) is 0 Å². The molecule has 4 N–H and O–H groups in total. The van der Waals surface area contributed by atoms with Crippen molar-refractivity contribution >= 4 is 0 Å². The molecule has 2 fully saturated rings. The standard InChI is InChI=1S/C9H17N.H3N/c1-7-3-4-8-5-6-9(7,2)10-8;/h7-8,10H,3-6H2,1-2H3;1H3. The first-order chi connectivity index (χ1) is 4.71. The van der Waals surface area contributed by atoms with Gasteiger partial charge in [0.25, 0.3) is 0 Å². The highest BCUT2D eigenvalue weighted by Gasteiger charge is 2.41. The van der Waals surface area contributed by atoms with Crippen LogP contribution in [0.15, 0.2) is 0 Å². The monoisotopic (exact) mass is 156 g/mol. The molecule has 3 atom stereocenters. The van der Waals surface area contributed by atoms with Crippen LogP contribution in [0.5, 0.6) is 0 Å². The van der Waals surface area contributed by atoms with Crippen molar-refractivity contribution in [2.75, 3.05) is 0 Å². The van der Waals surface area contributed by atoms with E-state index in [9.17, 15) is 0 Å². The van der Waals surface area contributed by atoms with E-state index in [0.717, 1.165) is 12.0 Å². The Morgan fingerprint density at radius 3 is 2.64 bits per heavy atom. The maximum absolute atomic E-state index is 3.72. The molecule has 2 saturated heterocycles. The Bertz CT molecular complexity index is 144. The van der Waals surface area contributed by atoms with Gasteiger partial charge in [0.05, 0.1) is 0 Å². The molecule has 2 nitrogen and oxygen atoms in total. The van der Waals surface area contributed by atoms with E-state index in [2.05, 4.69) is 19.2 Å². The smallest absolute Gasteiger partial charge is 0.0182 e. The van der Waals surface area contributed by atoms with Gasteiger partial charge in [-0.3, -0.25) is 0 Å². The molecule has 0 aromatic rings. The van der Waals surface area contributed by atoms with Crippen molar-refractivity contribution in [1.29, 1.82) is 0 Å². The van der Waals surface area contributed by atoms with Gasteiger partial charge in [-0.1, -0.05) is 6.92 Å². The highest BCUT2D eigenvalue weighted by molar-refractivity contribution is 5.01. The van der Waals surface area contributed by atoms with Crippen molar-refractivity contribution in [3.63, 3.8) is 0 Å². The lowest BCUT2D eigenvalue weighted by Crippen LogP contribution is -2.49. The molecule has 2 aliphatic heterocycles. The second kappa shape index (κ2) is 2.76. The summed E-state index contributed by atoms with van der Waals surface area (Å²) in [4.78, 5) is 0. The second-order valence-corrected chi connectivity index (χ2v) is 4.28. The van der Waals surface area contributed by atoms with E-state index in [1.54, 1.807) is 0 Å². The number of piperidine rings is 1. The van der Waals surface area contributed by atoms with Crippen LogP contribution in [-0.2, 0) is 0 Å². The van der Waals surface area contributed by atoms with Gasteiger partial charge in [0, 0.05) is 11.6 Å². The predicted octanol–water partition coefficient (Wildman–Crippen LogP) is 2.09. The summed E-state index contributed by atoms with van der Waals surface area (Å²) in [5.41, 5.74) is 0.503. The third kappa shape index (κ3) is 1.30. The largest absolute Gasteiger partial charge is 0.344 e. The molecule has 2 bridgehead atoms. The van der Waals surface area contributed by atoms with Crippen molar-refractivity contribution in [3.05, 3.63) is 0 Å². The molecule has 0 aromatic heterocycles. The van der Waals surface area contributed by atoms with Crippen LogP contribution in [0.1, 0.15) is 39.5 Å². The average Bonchev–Trinajstić information content (AvgIpc) is 2.22. The maximum Gasteiger partial charge on any atom is 0.0182 e. The molecule has 0 aliphatic carbocycles.